The van der Waals surface area contributed by atoms with Gasteiger partial charge in [-0.05, 0) is 49.1 Å². The Balaban J connectivity index is 1.56. The van der Waals surface area contributed by atoms with E-state index >= 15 is 0 Å². The summed E-state index contributed by atoms with van der Waals surface area (Å²) in [5, 5.41) is 2.84. The molecule has 0 aliphatic heterocycles. The molecule has 0 unspecified atom stereocenters. The maximum Gasteiger partial charge on any atom is 0.231 e. The highest BCUT2D eigenvalue weighted by Crippen LogP contribution is 2.32. The molecule has 3 aromatic rings. The molecule has 1 aliphatic rings. The molecule has 0 bridgehead atoms. The molecule has 1 amide bonds. The minimum Gasteiger partial charge on any atom is -0.497 e. The number of thiazole rings is 1. The van der Waals surface area contributed by atoms with E-state index in [1.54, 1.807) is 18.4 Å². The maximum absolute atomic E-state index is 13.4. The molecule has 30 heavy (non-hydrogen) atoms. The van der Waals surface area contributed by atoms with Gasteiger partial charge in [-0.3, -0.25) is 9.69 Å². The van der Waals surface area contributed by atoms with E-state index in [2.05, 4.69) is 12.1 Å². The number of benzene rings is 2. The van der Waals surface area contributed by atoms with E-state index in [0.29, 0.717) is 6.54 Å². The zero-order valence-electron chi connectivity index (χ0n) is 17.4. The van der Waals surface area contributed by atoms with Gasteiger partial charge >= 0.3 is 0 Å². The Bertz CT molecular complexity index is 947. The SMILES string of the molecule is COc1ccc(-c2csc(N(CCc3ccccc3)C(=O)C3CCCCC3)n2)cc1. The second-order valence-corrected chi connectivity index (χ2v) is 8.64. The molecule has 5 heteroatoms. The highest BCUT2D eigenvalue weighted by Gasteiger charge is 2.28. The summed E-state index contributed by atoms with van der Waals surface area (Å²) in [5.74, 6) is 1.19. The van der Waals surface area contributed by atoms with Gasteiger partial charge in [0.2, 0.25) is 5.91 Å². The standard InChI is InChI=1S/C25H28N2O2S/c1-29-22-14-12-20(13-15-22)23-18-30-25(26-23)27(17-16-19-8-4-2-5-9-19)24(28)21-10-6-3-7-11-21/h2,4-5,8-9,12-15,18,21H,3,6-7,10-11,16-17H2,1H3. The van der Waals surface area contributed by atoms with Crippen LogP contribution in [0.1, 0.15) is 37.7 Å². The van der Waals surface area contributed by atoms with E-state index in [0.717, 1.165) is 54.2 Å². The van der Waals surface area contributed by atoms with Gasteiger partial charge in [0.05, 0.1) is 12.8 Å². The minimum absolute atomic E-state index is 0.128. The van der Waals surface area contributed by atoms with Crippen molar-refractivity contribution in [1.82, 2.24) is 4.98 Å². The van der Waals surface area contributed by atoms with Crippen molar-refractivity contribution in [3.63, 3.8) is 0 Å². The molecular weight excluding hydrogens is 392 g/mol. The van der Waals surface area contributed by atoms with Crippen molar-refractivity contribution in [1.29, 1.82) is 0 Å². The summed E-state index contributed by atoms with van der Waals surface area (Å²) < 4.78 is 5.25. The number of carbonyl (C=O) groups excluding carboxylic acids is 1. The number of methoxy groups -OCH3 is 1. The van der Waals surface area contributed by atoms with Crippen LogP contribution in [0.15, 0.2) is 60.0 Å². The van der Waals surface area contributed by atoms with Crippen LogP contribution in [0.4, 0.5) is 5.13 Å². The molecule has 0 atom stereocenters. The molecule has 1 saturated carbocycles. The van der Waals surface area contributed by atoms with Crippen LogP contribution in [0.25, 0.3) is 11.3 Å². The van der Waals surface area contributed by atoms with Gasteiger partial charge in [0.25, 0.3) is 0 Å². The Labute approximate surface area is 182 Å². The van der Waals surface area contributed by atoms with Crippen molar-refractivity contribution in [3.05, 3.63) is 65.5 Å². The number of rotatable bonds is 7. The van der Waals surface area contributed by atoms with Crippen LogP contribution < -0.4 is 9.64 Å². The zero-order valence-corrected chi connectivity index (χ0v) is 18.2. The van der Waals surface area contributed by atoms with Crippen molar-refractivity contribution in [2.75, 3.05) is 18.6 Å². The van der Waals surface area contributed by atoms with E-state index in [4.69, 9.17) is 9.72 Å². The molecule has 0 spiro atoms. The molecule has 1 aromatic heterocycles. The van der Waals surface area contributed by atoms with Crippen LogP contribution in [0.2, 0.25) is 0 Å². The van der Waals surface area contributed by atoms with E-state index in [9.17, 15) is 4.79 Å². The molecule has 2 aromatic carbocycles. The van der Waals surface area contributed by atoms with Gasteiger partial charge in [-0.15, -0.1) is 11.3 Å². The maximum atomic E-state index is 13.4. The lowest BCUT2D eigenvalue weighted by Crippen LogP contribution is -2.38. The normalized spacial score (nSPS) is 14.4. The van der Waals surface area contributed by atoms with Crippen LogP contribution in [0, 0.1) is 5.92 Å². The summed E-state index contributed by atoms with van der Waals surface area (Å²) in [6.07, 6.45) is 6.37. The van der Waals surface area contributed by atoms with Gasteiger partial charge in [0.15, 0.2) is 5.13 Å². The van der Waals surface area contributed by atoms with Crippen LogP contribution >= 0.6 is 11.3 Å². The van der Waals surface area contributed by atoms with Crippen LogP contribution in [-0.4, -0.2) is 24.5 Å². The summed E-state index contributed by atoms with van der Waals surface area (Å²) in [6, 6.07) is 18.3. The topological polar surface area (TPSA) is 42.4 Å². The average molecular weight is 421 g/mol. The summed E-state index contributed by atoms with van der Waals surface area (Å²) >= 11 is 1.55. The van der Waals surface area contributed by atoms with Crippen molar-refractivity contribution >= 4 is 22.4 Å². The number of anilines is 1. The van der Waals surface area contributed by atoms with E-state index in [-0.39, 0.29) is 11.8 Å². The van der Waals surface area contributed by atoms with Gasteiger partial charge in [-0.1, -0.05) is 49.6 Å². The molecule has 4 nitrogen and oxygen atoms in total. The number of amides is 1. The Morgan fingerprint density at radius 2 is 1.80 bits per heavy atom. The predicted molar refractivity (Wildman–Crippen MR) is 123 cm³/mol. The van der Waals surface area contributed by atoms with Crippen molar-refractivity contribution in [2.24, 2.45) is 5.92 Å². The third-order valence-electron chi connectivity index (χ3n) is 5.80. The van der Waals surface area contributed by atoms with Gasteiger partial charge in [0.1, 0.15) is 5.75 Å². The Kier molecular flexibility index (Phi) is 6.80. The second kappa shape index (κ2) is 9.90. The molecule has 0 saturated heterocycles. The number of hydrogen-bond acceptors (Lipinski definition) is 4. The zero-order chi connectivity index (χ0) is 20.8. The minimum atomic E-state index is 0.128. The fraction of sp³-hybridized carbons (Fsp3) is 0.360. The second-order valence-electron chi connectivity index (χ2n) is 7.80. The van der Waals surface area contributed by atoms with Crippen molar-refractivity contribution < 1.29 is 9.53 Å². The number of aromatic nitrogens is 1. The van der Waals surface area contributed by atoms with Gasteiger partial charge in [-0.25, -0.2) is 4.98 Å². The fourth-order valence-corrected chi connectivity index (χ4v) is 4.90. The highest BCUT2D eigenvalue weighted by atomic mass is 32.1. The van der Waals surface area contributed by atoms with Crippen LogP contribution in [-0.2, 0) is 11.2 Å². The molecule has 1 heterocycles. The number of nitrogens with zero attached hydrogens (tertiary/aromatic N) is 2. The van der Waals surface area contributed by atoms with E-state index in [1.165, 1.54) is 12.0 Å². The molecule has 156 valence electrons. The van der Waals surface area contributed by atoms with Crippen molar-refractivity contribution in [2.45, 2.75) is 38.5 Å². The smallest absolute Gasteiger partial charge is 0.231 e. The fourth-order valence-electron chi connectivity index (χ4n) is 4.04. The first kappa shape index (κ1) is 20.6. The average Bonchev–Trinajstić information content (AvgIpc) is 3.30. The molecule has 0 radical (unpaired) electrons. The van der Waals surface area contributed by atoms with E-state index in [1.807, 2.05) is 52.7 Å². The summed E-state index contributed by atoms with van der Waals surface area (Å²) in [7, 11) is 1.66. The summed E-state index contributed by atoms with van der Waals surface area (Å²) in [4.78, 5) is 20.2. The number of ether oxygens (including phenoxy) is 1. The van der Waals surface area contributed by atoms with Crippen LogP contribution in [0.5, 0.6) is 5.75 Å². The van der Waals surface area contributed by atoms with Gasteiger partial charge in [0, 0.05) is 23.4 Å². The highest BCUT2D eigenvalue weighted by molar-refractivity contribution is 7.14. The Morgan fingerprint density at radius 3 is 2.50 bits per heavy atom. The van der Waals surface area contributed by atoms with E-state index < -0.39 is 0 Å². The Morgan fingerprint density at radius 1 is 1.07 bits per heavy atom. The van der Waals surface area contributed by atoms with Gasteiger partial charge < -0.3 is 4.74 Å². The summed E-state index contributed by atoms with van der Waals surface area (Å²) in [5.41, 5.74) is 3.18. The number of carbonyl (C=O) groups is 1. The molecule has 1 aliphatic carbocycles. The van der Waals surface area contributed by atoms with Gasteiger partial charge in [-0.2, -0.15) is 0 Å². The third kappa shape index (κ3) is 4.90. The van der Waals surface area contributed by atoms with Crippen molar-refractivity contribution in [3.8, 4) is 17.0 Å². The lowest BCUT2D eigenvalue weighted by atomic mass is 9.88. The van der Waals surface area contributed by atoms with Crippen LogP contribution in [0.3, 0.4) is 0 Å². The quantitative estimate of drug-likeness (QED) is 0.472. The molecular formula is C25H28N2O2S. The largest absolute Gasteiger partial charge is 0.497 e. The Hall–Kier alpha value is -2.66. The molecule has 1 fully saturated rings. The molecule has 0 N–H and O–H groups in total. The first-order chi connectivity index (χ1) is 14.7. The lowest BCUT2D eigenvalue weighted by Gasteiger charge is -2.27. The predicted octanol–water partition coefficient (Wildman–Crippen LogP) is 5.97. The summed E-state index contributed by atoms with van der Waals surface area (Å²) in [6.45, 7) is 0.662. The number of hydrogen-bond donors (Lipinski definition) is 0. The third-order valence-corrected chi connectivity index (χ3v) is 6.66. The monoisotopic (exact) mass is 420 g/mol. The lowest BCUT2D eigenvalue weighted by molar-refractivity contribution is -0.123. The first-order valence-corrected chi connectivity index (χ1v) is 11.6. The molecule has 4 rings (SSSR count). The first-order valence-electron chi connectivity index (χ1n) is 10.7.